The summed E-state index contributed by atoms with van der Waals surface area (Å²) in [5.41, 5.74) is 3.75. The molecule has 0 unspecified atom stereocenters. The molecule has 2 aliphatic rings. The van der Waals surface area contributed by atoms with Gasteiger partial charge >= 0.3 is 6.03 Å². The summed E-state index contributed by atoms with van der Waals surface area (Å²) in [6.07, 6.45) is 6.81. The summed E-state index contributed by atoms with van der Waals surface area (Å²) < 4.78 is 0. The lowest BCUT2D eigenvalue weighted by Gasteiger charge is -2.26. The molecular weight excluding hydrogens is 252 g/mol. The van der Waals surface area contributed by atoms with Gasteiger partial charge in [-0.25, -0.2) is 10.2 Å². The summed E-state index contributed by atoms with van der Waals surface area (Å²) in [7, 11) is 0. The minimum absolute atomic E-state index is 0.148. The number of nitrogens with one attached hydrogen (secondary N) is 2. The lowest BCUT2D eigenvalue weighted by Crippen LogP contribution is -2.41. The molecule has 1 heterocycles. The van der Waals surface area contributed by atoms with Crippen LogP contribution in [0, 0.1) is 0 Å². The third-order valence-corrected chi connectivity index (χ3v) is 4.28. The average Bonchev–Trinajstić information content (AvgIpc) is 3.22. The molecule has 5 heteroatoms. The first-order valence-electron chi connectivity index (χ1n) is 7.82. The van der Waals surface area contributed by atoms with E-state index in [0.29, 0.717) is 6.04 Å². The van der Waals surface area contributed by atoms with E-state index in [1.54, 1.807) is 0 Å². The Morgan fingerprint density at radius 1 is 1.25 bits per heavy atom. The van der Waals surface area contributed by atoms with Crippen LogP contribution in [0.4, 0.5) is 4.79 Å². The van der Waals surface area contributed by atoms with Crippen molar-refractivity contribution < 1.29 is 4.79 Å². The van der Waals surface area contributed by atoms with Gasteiger partial charge in [-0.1, -0.05) is 19.3 Å². The van der Waals surface area contributed by atoms with Gasteiger partial charge in [-0.15, -0.1) is 0 Å². The Morgan fingerprint density at radius 2 is 1.90 bits per heavy atom. The van der Waals surface area contributed by atoms with Crippen LogP contribution in [0.2, 0.25) is 0 Å². The van der Waals surface area contributed by atoms with Gasteiger partial charge in [0.15, 0.2) is 0 Å². The lowest BCUT2D eigenvalue weighted by molar-refractivity contribution is 0.233. The zero-order chi connectivity index (χ0) is 14.6. The first kappa shape index (κ1) is 15.3. The van der Waals surface area contributed by atoms with Gasteiger partial charge in [-0.2, -0.15) is 5.10 Å². The minimum Gasteiger partial charge on any atom is -0.334 e. The monoisotopic (exact) mass is 280 g/mol. The highest BCUT2D eigenvalue weighted by Gasteiger charge is 2.34. The summed E-state index contributed by atoms with van der Waals surface area (Å²) in [6.45, 7) is 8.78. The molecule has 20 heavy (non-hydrogen) atoms. The second-order valence-corrected chi connectivity index (χ2v) is 6.74. The van der Waals surface area contributed by atoms with Crippen LogP contribution < -0.4 is 10.7 Å². The molecule has 2 N–H and O–H groups in total. The van der Waals surface area contributed by atoms with Crippen molar-refractivity contribution in [3.8, 4) is 0 Å². The van der Waals surface area contributed by atoms with Crippen LogP contribution in [0.3, 0.4) is 0 Å². The molecule has 1 saturated carbocycles. The maximum atomic E-state index is 11.8. The van der Waals surface area contributed by atoms with E-state index in [1.807, 2.05) is 6.92 Å². The first-order valence-corrected chi connectivity index (χ1v) is 7.82. The van der Waals surface area contributed by atoms with E-state index in [9.17, 15) is 4.79 Å². The number of hydrazone groups is 1. The van der Waals surface area contributed by atoms with E-state index in [2.05, 4.69) is 34.6 Å². The Morgan fingerprint density at radius 3 is 2.50 bits per heavy atom. The maximum absolute atomic E-state index is 11.8. The minimum atomic E-state index is -0.166. The number of hydrogen-bond donors (Lipinski definition) is 2. The van der Waals surface area contributed by atoms with Crippen LogP contribution in [0.5, 0.6) is 0 Å². The van der Waals surface area contributed by atoms with Gasteiger partial charge < -0.3 is 5.32 Å². The van der Waals surface area contributed by atoms with E-state index in [-0.39, 0.29) is 11.6 Å². The van der Waals surface area contributed by atoms with Crippen LogP contribution in [0.15, 0.2) is 5.10 Å². The van der Waals surface area contributed by atoms with Crippen LogP contribution in [0.25, 0.3) is 0 Å². The number of carbonyl (C=O) groups excluding carboxylic acids is 1. The molecule has 0 spiro atoms. The average molecular weight is 280 g/mol. The molecule has 114 valence electrons. The molecule has 2 rings (SSSR count). The van der Waals surface area contributed by atoms with Gasteiger partial charge in [0, 0.05) is 36.8 Å². The number of urea groups is 1. The van der Waals surface area contributed by atoms with Gasteiger partial charge in [0.1, 0.15) is 0 Å². The molecular formula is C15H28N4O. The first-order chi connectivity index (χ1) is 9.47. The fourth-order valence-electron chi connectivity index (χ4n) is 3.04. The number of rotatable bonds is 5. The normalized spacial score (nSPS) is 21.6. The Hall–Kier alpha value is -1.10. The molecule has 0 aromatic carbocycles. The fraction of sp³-hybridized carbons (Fsp3) is 0.867. The molecule has 0 atom stereocenters. The summed E-state index contributed by atoms with van der Waals surface area (Å²) in [6, 6.07) is 0.161. The maximum Gasteiger partial charge on any atom is 0.335 e. The standard InChI is InChI=1S/C15H28N4O/c1-12(11-15(2,3)19-9-10-19)17-18-14(20)16-13-7-5-4-6-8-13/h13H,4-11H2,1-3H3,(H2,16,18,20)/b17-12+. The number of carbonyl (C=O) groups is 1. The fourth-order valence-corrected chi connectivity index (χ4v) is 3.04. The highest BCUT2D eigenvalue weighted by molar-refractivity contribution is 5.84. The van der Waals surface area contributed by atoms with Gasteiger partial charge in [-0.3, -0.25) is 4.90 Å². The summed E-state index contributed by atoms with van der Waals surface area (Å²) in [5, 5.41) is 7.22. The Labute approximate surface area is 122 Å². The zero-order valence-electron chi connectivity index (χ0n) is 13.0. The van der Waals surface area contributed by atoms with Crippen molar-refractivity contribution in [1.29, 1.82) is 0 Å². The molecule has 5 nitrogen and oxygen atoms in total. The second-order valence-electron chi connectivity index (χ2n) is 6.74. The molecule has 1 saturated heterocycles. The molecule has 2 fully saturated rings. The third kappa shape index (κ3) is 4.78. The van der Waals surface area contributed by atoms with Crippen molar-refractivity contribution >= 4 is 11.7 Å². The predicted octanol–water partition coefficient (Wildman–Crippen LogP) is 2.48. The van der Waals surface area contributed by atoms with Crippen molar-refractivity contribution in [3.63, 3.8) is 0 Å². The van der Waals surface area contributed by atoms with Gasteiger partial charge in [0.25, 0.3) is 0 Å². The largest absolute Gasteiger partial charge is 0.335 e. The van der Waals surface area contributed by atoms with Crippen LogP contribution in [0.1, 0.15) is 59.3 Å². The molecule has 0 radical (unpaired) electrons. The van der Waals surface area contributed by atoms with Crippen molar-refractivity contribution in [2.75, 3.05) is 13.1 Å². The summed E-state index contributed by atoms with van der Waals surface area (Å²) in [4.78, 5) is 14.2. The second kappa shape index (κ2) is 6.57. The Bertz CT molecular complexity index is 368. The van der Waals surface area contributed by atoms with Crippen LogP contribution in [-0.2, 0) is 0 Å². The Kier molecular flexibility index (Phi) is 5.02. The number of hydrogen-bond acceptors (Lipinski definition) is 3. The molecule has 2 amide bonds. The molecule has 1 aliphatic carbocycles. The quantitative estimate of drug-likeness (QED) is 0.462. The van der Waals surface area contributed by atoms with Crippen molar-refractivity contribution in [3.05, 3.63) is 0 Å². The molecule has 0 aromatic rings. The summed E-state index contributed by atoms with van der Waals surface area (Å²) >= 11 is 0. The van der Waals surface area contributed by atoms with E-state index < -0.39 is 0 Å². The van der Waals surface area contributed by atoms with Gasteiger partial charge in [-0.05, 0) is 33.6 Å². The topological polar surface area (TPSA) is 56.5 Å². The van der Waals surface area contributed by atoms with Gasteiger partial charge in [0.2, 0.25) is 0 Å². The van der Waals surface area contributed by atoms with Crippen molar-refractivity contribution in [2.24, 2.45) is 5.10 Å². The van der Waals surface area contributed by atoms with Crippen molar-refractivity contribution in [2.45, 2.75) is 70.9 Å². The predicted molar refractivity (Wildman–Crippen MR) is 81.9 cm³/mol. The zero-order valence-corrected chi connectivity index (χ0v) is 13.0. The smallest absolute Gasteiger partial charge is 0.334 e. The summed E-state index contributed by atoms with van der Waals surface area (Å²) in [5.74, 6) is 0. The molecule has 0 aromatic heterocycles. The van der Waals surface area contributed by atoms with E-state index in [4.69, 9.17) is 0 Å². The Balaban J connectivity index is 1.71. The number of nitrogens with zero attached hydrogens (tertiary/aromatic N) is 2. The van der Waals surface area contributed by atoms with Crippen LogP contribution >= 0.6 is 0 Å². The third-order valence-electron chi connectivity index (χ3n) is 4.28. The SMILES string of the molecule is C/C(CC(C)(C)N1CC1)=N\NC(=O)NC1CCCCC1. The van der Waals surface area contributed by atoms with Gasteiger partial charge in [0.05, 0.1) is 0 Å². The highest BCUT2D eigenvalue weighted by Crippen LogP contribution is 2.25. The molecule has 1 aliphatic heterocycles. The van der Waals surface area contributed by atoms with E-state index in [1.165, 1.54) is 32.4 Å². The van der Waals surface area contributed by atoms with E-state index >= 15 is 0 Å². The van der Waals surface area contributed by atoms with Crippen molar-refractivity contribution in [1.82, 2.24) is 15.6 Å². The number of amides is 2. The van der Waals surface area contributed by atoms with Crippen LogP contribution in [-0.4, -0.2) is 41.3 Å². The van der Waals surface area contributed by atoms with E-state index in [0.717, 1.165) is 25.0 Å². The highest BCUT2D eigenvalue weighted by atomic mass is 16.2. The lowest BCUT2D eigenvalue weighted by atomic mass is 9.96. The molecule has 0 bridgehead atoms.